The molecule has 0 fully saturated rings. The SMILES string of the molecule is CC(C)c1cc(Br)c(NCC(O)CCl)c(Br)c1. The number of aliphatic hydroxyl groups is 1. The van der Waals surface area contributed by atoms with Crippen molar-refractivity contribution >= 4 is 49.1 Å². The van der Waals surface area contributed by atoms with E-state index in [9.17, 15) is 5.11 Å². The highest BCUT2D eigenvalue weighted by molar-refractivity contribution is 9.11. The maximum absolute atomic E-state index is 9.42. The summed E-state index contributed by atoms with van der Waals surface area (Å²) in [6, 6.07) is 4.18. The van der Waals surface area contributed by atoms with E-state index in [1.165, 1.54) is 5.56 Å². The average Bonchev–Trinajstić information content (AvgIpc) is 2.27. The molecule has 0 spiro atoms. The Morgan fingerprint density at radius 1 is 1.29 bits per heavy atom. The molecule has 17 heavy (non-hydrogen) atoms. The zero-order valence-corrected chi connectivity index (χ0v) is 13.7. The minimum absolute atomic E-state index is 0.228. The standard InChI is InChI=1S/C12H16Br2ClNO/c1-7(2)8-3-10(13)12(11(14)4-8)16-6-9(17)5-15/h3-4,7,9,16-17H,5-6H2,1-2H3. The summed E-state index contributed by atoms with van der Waals surface area (Å²) < 4.78 is 1.97. The molecule has 0 aliphatic carbocycles. The van der Waals surface area contributed by atoms with Gasteiger partial charge in [-0.05, 0) is 55.5 Å². The third-order valence-electron chi connectivity index (χ3n) is 2.42. The van der Waals surface area contributed by atoms with Gasteiger partial charge in [-0.3, -0.25) is 0 Å². The molecule has 0 aliphatic rings. The molecule has 0 amide bonds. The number of aliphatic hydroxyl groups excluding tert-OH is 1. The Morgan fingerprint density at radius 3 is 2.24 bits per heavy atom. The second kappa shape index (κ2) is 6.98. The zero-order chi connectivity index (χ0) is 13.0. The lowest BCUT2D eigenvalue weighted by Crippen LogP contribution is -2.21. The Hall–Kier alpha value is 0.230. The first-order chi connectivity index (χ1) is 7.95. The van der Waals surface area contributed by atoms with E-state index in [1.54, 1.807) is 0 Å². The zero-order valence-electron chi connectivity index (χ0n) is 9.80. The summed E-state index contributed by atoms with van der Waals surface area (Å²) in [7, 11) is 0. The largest absolute Gasteiger partial charge is 0.390 e. The summed E-state index contributed by atoms with van der Waals surface area (Å²) in [5.74, 6) is 0.705. The first kappa shape index (κ1) is 15.3. The van der Waals surface area contributed by atoms with Gasteiger partial charge in [0.15, 0.2) is 0 Å². The molecule has 0 radical (unpaired) electrons. The van der Waals surface area contributed by atoms with Crippen molar-refractivity contribution < 1.29 is 5.11 Å². The number of benzene rings is 1. The quantitative estimate of drug-likeness (QED) is 0.739. The van der Waals surface area contributed by atoms with Crippen molar-refractivity contribution in [2.45, 2.75) is 25.9 Å². The van der Waals surface area contributed by atoms with E-state index >= 15 is 0 Å². The Labute approximate surface area is 124 Å². The van der Waals surface area contributed by atoms with Gasteiger partial charge in [0, 0.05) is 15.5 Å². The van der Waals surface area contributed by atoms with Crippen molar-refractivity contribution in [3.05, 3.63) is 26.6 Å². The molecule has 1 unspecified atom stereocenters. The van der Waals surface area contributed by atoms with Crippen LogP contribution in [0.15, 0.2) is 21.1 Å². The molecule has 1 aromatic carbocycles. The van der Waals surface area contributed by atoms with Crippen LogP contribution in [0, 0.1) is 0 Å². The van der Waals surface area contributed by atoms with Gasteiger partial charge in [-0.25, -0.2) is 0 Å². The van der Waals surface area contributed by atoms with E-state index < -0.39 is 6.10 Å². The summed E-state index contributed by atoms with van der Waals surface area (Å²) in [5, 5.41) is 12.6. The highest BCUT2D eigenvalue weighted by atomic mass is 79.9. The molecule has 1 aromatic rings. The normalized spacial score (nSPS) is 12.9. The Kier molecular flexibility index (Phi) is 6.27. The van der Waals surface area contributed by atoms with Crippen molar-refractivity contribution in [3.63, 3.8) is 0 Å². The molecule has 2 nitrogen and oxygen atoms in total. The van der Waals surface area contributed by atoms with Gasteiger partial charge in [0.2, 0.25) is 0 Å². The lowest BCUT2D eigenvalue weighted by Gasteiger charge is -2.16. The van der Waals surface area contributed by atoms with Crippen LogP contribution in [0.3, 0.4) is 0 Å². The van der Waals surface area contributed by atoms with Crippen LogP contribution in [-0.2, 0) is 0 Å². The van der Waals surface area contributed by atoms with Gasteiger partial charge in [-0.2, -0.15) is 0 Å². The van der Waals surface area contributed by atoms with Gasteiger partial charge >= 0.3 is 0 Å². The molecule has 5 heteroatoms. The van der Waals surface area contributed by atoms with E-state index in [4.69, 9.17) is 11.6 Å². The van der Waals surface area contributed by atoms with Gasteiger partial charge in [0.1, 0.15) is 0 Å². The number of anilines is 1. The maximum Gasteiger partial charge on any atom is 0.0847 e. The van der Waals surface area contributed by atoms with Crippen molar-refractivity contribution in [3.8, 4) is 0 Å². The molecule has 1 rings (SSSR count). The van der Waals surface area contributed by atoms with Gasteiger partial charge in [0.25, 0.3) is 0 Å². The van der Waals surface area contributed by atoms with Gasteiger partial charge in [0.05, 0.1) is 17.7 Å². The minimum Gasteiger partial charge on any atom is -0.390 e. The van der Waals surface area contributed by atoms with E-state index in [0.29, 0.717) is 12.5 Å². The van der Waals surface area contributed by atoms with Crippen molar-refractivity contribution in [1.82, 2.24) is 0 Å². The molecule has 0 bridgehead atoms. The molecule has 0 saturated heterocycles. The van der Waals surface area contributed by atoms with E-state index in [-0.39, 0.29) is 5.88 Å². The van der Waals surface area contributed by atoms with Crippen LogP contribution in [0.5, 0.6) is 0 Å². The second-order valence-electron chi connectivity index (χ2n) is 4.20. The summed E-state index contributed by atoms with van der Waals surface area (Å²) in [6.07, 6.45) is -0.541. The lowest BCUT2D eigenvalue weighted by molar-refractivity contribution is 0.211. The second-order valence-corrected chi connectivity index (χ2v) is 6.22. The third kappa shape index (κ3) is 4.43. The smallest absolute Gasteiger partial charge is 0.0847 e. The summed E-state index contributed by atoms with van der Waals surface area (Å²) in [4.78, 5) is 0. The molecular weight excluding hydrogens is 369 g/mol. The minimum atomic E-state index is -0.541. The number of hydrogen-bond acceptors (Lipinski definition) is 2. The summed E-state index contributed by atoms with van der Waals surface area (Å²) in [6.45, 7) is 4.73. The van der Waals surface area contributed by atoms with Crippen LogP contribution in [0.1, 0.15) is 25.3 Å². The fourth-order valence-corrected chi connectivity index (χ4v) is 2.98. The molecule has 1 atom stereocenters. The van der Waals surface area contributed by atoms with Gasteiger partial charge in [-0.1, -0.05) is 13.8 Å². The fourth-order valence-electron chi connectivity index (χ4n) is 1.37. The topological polar surface area (TPSA) is 32.3 Å². The van der Waals surface area contributed by atoms with Crippen LogP contribution >= 0.6 is 43.5 Å². The van der Waals surface area contributed by atoms with E-state index in [1.807, 2.05) is 0 Å². The molecule has 2 N–H and O–H groups in total. The summed E-state index contributed by atoms with van der Waals surface area (Å²) >= 11 is 12.6. The Balaban J connectivity index is 2.86. The number of halogens is 3. The van der Waals surface area contributed by atoms with Gasteiger partial charge < -0.3 is 10.4 Å². The first-order valence-electron chi connectivity index (χ1n) is 5.42. The highest BCUT2D eigenvalue weighted by Crippen LogP contribution is 2.34. The lowest BCUT2D eigenvalue weighted by atomic mass is 10.0. The molecule has 0 aliphatic heterocycles. The average molecular weight is 386 g/mol. The fraction of sp³-hybridized carbons (Fsp3) is 0.500. The van der Waals surface area contributed by atoms with E-state index in [0.717, 1.165) is 14.6 Å². The number of rotatable bonds is 5. The maximum atomic E-state index is 9.42. The Morgan fingerprint density at radius 2 is 1.82 bits per heavy atom. The number of nitrogens with one attached hydrogen (secondary N) is 1. The van der Waals surface area contributed by atoms with Crippen LogP contribution in [-0.4, -0.2) is 23.6 Å². The monoisotopic (exact) mass is 383 g/mol. The highest BCUT2D eigenvalue weighted by Gasteiger charge is 2.10. The van der Waals surface area contributed by atoms with Crippen molar-refractivity contribution in [2.24, 2.45) is 0 Å². The predicted octanol–water partition coefficient (Wildman–Crippen LogP) is 4.35. The predicted molar refractivity (Wildman–Crippen MR) is 81.1 cm³/mol. The van der Waals surface area contributed by atoms with Crippen molar-refractivity contribution in [1.29, 1.82) is 0 Å². The molecule has 0 saturated carbocycles. The van der Waals surface area contributed by atoms with Crippen LogP contribution in [0.25, 0.3) is 0 Å². The Bertz CT molecular complexity index is 362. The first-order valence-corrected chi connectivity index (χ1v) is 7.54. The van der Waals surface area contributed by atoms with Crippen LogP contribution in [0.4, 0.5) is 5.69 Å². The van der Waals surface area contributed by atoms with Crippen LogP contribution < -0.4 is 5.32 Å². The molecule has 0 heterocycles. The van der Waals surface area contributed by atoms with Gasteiger partial charge in [-0.15, -0.1) is 11.6 Å². The van der Waals surface area contributed by atoms with E-state index in [2.05, 4.69) is 63.2 Å². The van der Waals surface area contributed by atoms with Crippen molar-refractivity contribution in [2.75, 3.05) is 17.7 Å². The molecular formula is C12H16Br2ClNO. The number of alkyl halides is 1. The molecule has 0 aromatic heterocycles. The molecule has 96 valence electrons. The third-order valence-corrected chi connectivity index (χ3v) is 4.03. The van der Waals surface area contributed by atoms with Crippen LogP contribution in [0.2, 0.25) is 0 Å². The number of hydrogen-bond donors (Lipinski definition) is 2. The summed E-state index contributed by atoms with van der Waals surface area (Å²) in [5.41, 5.74) is 2.20.